The third kappa shape index (κ3) is 2.51. The van der Waals surface area contributed by atoms with Crippen molar-refractivity contribution in [1.82, 2.24) is 9.55 Å². The molecule has 19 heavy (non-hydrogen) atoms. The van der Waals surface area contributed by atoms with Gasteiger partial charge in [0.05, 0.1) is 12.7 Å². The predicted molar refractivity (Wildman–Crippen MR) is 65.6 cm³/mol. The zero-order chi connectivity index (χ0) is 14.0. The number of aliphatic hydroxyl groups is 2. The standard InChI is InChI=1S/C11H15N3O5/c1-2-6-4-14(11(17)12-9(6)13-18)10-8(16)3-7(5-15)19-10/h2,4,7-8,10,15-16,18H,1,3,5H2,(H,12,13,17)/t7-,8+,10+/m0/s1. The highest BCUT2D eigenvalue weighted by Gasteiger charge is 2.35. The summed E-state index contributed by atoms with van der Waals surface area (Å²) in [4.78, 5) is 15.4. The third-order valence-electron chi connectivity index (χ3n) is 2.95. The van der Waals surface area contributed by atoms with E-state index in [4.69, 9.17) is 15.1 Å². The molecule has 8 heteroatoms. The molecule has 1 saturated heterocycles. The van der Waals surface area contributed by atoms with E-state index in [0.717, 1.165) is 4.57 Å². The quantitative estimate of drug-likeness (QED) is 0.535. The van der Waals surface area contributed by atoms with Gasteiger partial charge in [0.15, 0.2) is 12.0 Å². The molecule has 0 radical (unpaired) electrons. The molecule has 1 aliphatic rings. The van der Waals surface area contributed by atoms with Crippen LogP contribution in [0.4, 0.5) is 5.82 Å². The second-order valence-electron chi connectivity index (χ2n) is 4.18. The molecule has 2 heterocycles. The molecule has 0 amide bonds. The minimum absolute atomic E-state index is 0.0255. The minimum Gasteiger partial charge on any atom is -0.394 e. The number of ether oxygens (including phenoxy) is 1. The highest BCUT2D eigenvalue weighted by Crippen LogP contribution is 2.28. The van der Waals surface area contributed by atoms with Crippen LogP contribution in [0, 0.1) is 0 Å². The van der Waals surface area contributed by atoms with E-state index in [2.05, 4.69) is 11.6 Å². The Morgan fingerprint density at radius 1 is 1.68 bits per heavy atom. The first-order valence-corrected chi connectivity index (χ1v) is 5.70. The van der Waals surface area contributed by atoms with Crippen LogP contribution in [0.2, 0.25) is 0 Å². The molecule has 0 bridgehead atoms. The molecule has 1 aromatic rings. The van der Waals surface area contributed by atoms with Crippen molar-refractivity contribution < 1.29 is 20.2 Å². The number of rotatable bonds is 4. The Kier molecular flexibility index (Phi) is 3.96. The maximum absolute atomic E-state index is 11.8. The van der Waals surface area contributed by atoms with E-state index >= 15 is 0 Å². The van der Waals surface area contributed by atoms with Gasteiger partial charge >= 0.3 is 5.69 Å². The highest BCUT2D eigenvalue weighted by atomic mass is 16.5. The van der Waals surface area contributed by atoms with E-state index in [0.29, 0.717) is 5.56 Å². The summed E-state index contributed by atoms with van der Waals surface area (Å²) in [7, 11) is 0. The first-order chi connectivity index (χ1) is 9.10. The van der Waals surface area contributed by atoms with E-state index in [1.807, 2.05) is 0 Å². The fraction of sp³-hybridized carbons (Fsp3) is 0.455. The maximum Gasteiger partial charge on any atom is 0.351 e. The Morgan fingerprint density at radius 3 is 2.95 bits per heavy atom. The van der Waals surface area contributed by atoms with Gasteiger partial charge in [-0.05, 0) is 0 Å². The number of hydrogen-bond acceptors (Lipinski definition) is 7. The Morgan fingerprint density at radius 2 is 2.42 bits per heavy atom. The van der Waals surface area contributed by atoms with Gasteiger partial charge in [-0.1, -0.05) is 12.7 Å². The summed E-state index contributed by atoms with van der Waals surface area (Å²) in [6.07, 6.45) is 0.651. The molecule has 3 atom stereocenters. The smallest absolute Gasteiger partial charge is 0.351 e. The summed E-state index contributed by atoms with van der Waals surface area (Å²) in [6.45, 7) is 3.30. The number of nitrogens with one attached hydrogen (secondary N) is 1. The molecule has 0 spiro atoms. The summed E-state index contributed by atoms with van der Waals surface area (Å²) in [6, 6.07) is 0. The van der Waals surface area contributed by atoms with Gasteiger partial charge in [0, 0.05) is 18.2 Å². The molecule has 1 aromatic heterocycles. The largest absolute Gasteiger partial charge is 0.394 e. The zero-order valence-corrected chi connectivity index (χ0v) is 10.1. The average molecular weight is 269 g/mol. The fourth-order valence-electron chi connectivity index (χ4n) is 2.00. The lowest BCUT2D eigenvalue weighted by Gasteiger charge is -2.18. The van der Waals surface area contributed by atoms with E-state index in [1.54, 1.807) is 5.48 Å². The van der Waals surface area contributed by atoms with Crippen molar-refractivity contribution in [3.05, 3.63) is 28.8 Å². The van der Waals surface area contributed by atoms with Gasteiger partial charge in [0.1, 0.15) is 6.10 Å². The van der Waals surface area contributed by atoms with Crippen LogP contribution in [-0.4, -0.2) is 43.8 Å². The van der Waals surface area contributed by atoms with E-state index in [-0.39, 0.29) is 18.8 Å². The number of hydrogen-bond donors (Lipinski definition) is 4. The van der Waals surface area contributed by atoms with Gasteiger partial charge in [-0.25, -0.2) is 4.79 Å². The predicted octanol–water partition coefficient (Wildman–Crippen LogP) is -0.672. The lowest BCUT2D eigenvalue weighted by Crippen LogP contribution is -2.32. The Hall–Kier alpha value is -1.74. The van der Waals surface area contributed by atoms with Crippen LogP contribution in [0.15, 0.2) is 17.6 Å². The molecule has 0 aliphatic carbocycles. The van der Waals surface area contributed by atoms with Crippen molar-refractivity contribution in [3.8, 4) is 0 Å². The Balaban J connectivity index is 2.40. The van der Waals surface area contributed by atoms with Gasteiger partial charge in [-0.3, -0.25) is 15.3 Å². The molecule has 1 fully saturated rings. The van der Waals surface area contributed by atoms with E-state index in [1.165, 1.54) is 12.3 Å². The summed E-state index contributed by atoms with van der Waals surface area (Å²) >= 11 is 0. The average Bonchev–Trinajstić information content (AvgIpc) is 2.79. The number of aromatic nitrogens is 2. The molecule has 0 saturated carbocycles. The van der Waals surface area contributed by atoms with Gasteiger partial charge in [-0.2, -0.15) is 4.98 Å². The lowest BCUT2D eigenvalue weighted by atomic mass is 10.2. The molecular weight excluding hydrogens is 254 g/mol. The van der Waals surface area contributed by atoms with Crippen LogP contribution < -0.4 is 11.2 Å². The van der Waals surface area contributed by atoms with Crippen LogP contribution in [0.25, 0.3) is 6.08 Å². The number of nitrogens with zero attached hydrogens (tertiary/aromatic N) is 2. The number of aliphatic hydroxyl groups excluding tert-OH is 2. The van der Waals surface area contributed by atoms with Crippen LogP contribution >= 0.6 is 0 Å². The SMILES string of the molecule is C=Cc1cn([C@@H]2O[C@H](CO)C[C@H]2O)c(=O)nc1NO. The fourth-order valence-corrected chi connectivity index (χ4v) is 2.00. The van der Waals surface area contributed by atoms with Gasteiger partial charge in [-0.15, -0.1) is 0 Å². The molecule has 0 unspecified atom stereocenters. The van der Waals surface area contributed by atoms with Crippen molar-refractivity contribution in [2.75, 3.05) is 12.1 Å². The summed E-state index contributed by atoms with van der Waals surface area (Å²) in [5, 5.41) is 27.7. The van der Waals surface area contributed by atoms with Crippen LogP contribution in [0.1, 0.15) is 18.2 Å². The van der Waals surface area contributed by atoms with Crippen molar-refractivity contribution in [2.45, 2.75) is 24.9 Å². The molecule has 0 aromatic carbocycles. The molecule has 4 N–H and O–H groups in total. The zero-order valence-electron chi connectivity index (χ0n) is 10.1. The Bertz CT molecular complexity index is 530. The van der Waals surface area contributed by atoms with E-state index < -0.39 is 24.1 Å². The van der Waals surface area contributed by atoms with Crippen molar-refractivity contribution in [2.24, 2.45) is 0 Å². The van der Waals surface area contributed by atoms with E-state index in [9.17, 15) is 9.90 Å². The van der Waals surface area contributed by atoms with Gasteiger partial charge < -0.3 is 14.9 Å². The van der Waals surface area contributed by atoms with Crippen molar-refractivity contribution in [3.63, 3.8) is 0 Å². The van der Waals surface area contributed by atoms with Crippen molar-refractivity contribution >= 4 is 11.9 Å². The Labute approximate surface area is 108 Å². The topological polar surface area (TPSA) is 117 Å². The number of anilines is 1. The monoisotopic (exact) mass is 269 g/mol. The van der Waals surface area contributed by atoms with Crippen molar-refractivity contribution in [1.29, 1.82) is 0 Å². The molecule has 8 nitrogen and oxygen atoms in total. The first kappa shape index (κ1) is 13.7. The molecule has 2 rings (SSSR count). The van der Waals surface area contributed by atoms with Crippen LogP contribution in [-0.2, 0) is 4.74 Å². The normalized spacial score (nSPS) is 26.4. The van der Waals surface area contributed by atoms with Crippen LogP contribution in [0.3, 0.4) is 0 Å². The summed E-state index contributed by atoms with van der Waals surface area (Å²) < 4.78 is 6.48. The first-order valence-electron chi connectivity index (χ1n) is 5.70. The molecule has 104 valence electrons. The highest BCUT2D eigenvalue weighted by molar-refractivity contribution is 5.59. The second-order valence-corrected chi connectivity index (χ2v) is 4.18. The lowest BCUT2D eigenvalue weighted by molar-refractivity contribution is -0.0530. The third-order valence-corrected chi connectivity index (χ3v) is 2.95. The van der Waals surface area contributed by atoms with Crippen LogP contribution in [0.5, 0.6) is 0 Å². The van der Waals surface area contributed by atoms with Gasteiger partial charge in [0.25, 0.3) is 0 Å². The maximum atomic E-state index is 11.8. The van der Waals surface area contributed by atoms with Gasteiger partial charge in [0.2, 0.25) is 0 Å². The molecule has 1 aliphatic heterocycles. The summed E-state index contributed by atoms with van der Waals surface area (Å²) in [5.74, 6) is -0.0255. The minimum atomic E-state index is -0.915. The summed E-state index contributed by atoms with van der Waals surface area (Å²) in [5.41, 5.74) is 1.49. The molecular formula is C11H15N3O5. The second kappa shape index (κ2) is 5.49.